The first-order valence-corrected chi connectivity index (χ1v) is 9.78. The predicted octanol–water partition coefficient (Wildman–Crippen LogP) is 2.81. The molecule has 0 aromatic carbocycles. The van der Waals surface area contributed by atoms with E-state index in [-0.39, 0.29) is 17.7 Å². The van der Waals surface area contributed by atoms with E-state index in [1.165, 1.54) is 6.07 Å². The van der Waals surface area contributed by atoms with Crippen LogP contribution in [0.2, 0.25) is 0 Å². The van der Waals surface area contributed by atoms with E-state index < -0.39 is 17.3 Å². The minimum atomic E-state index is -4.51. The molecule has 0 unspecified atom stereocenters. The van der Waals surface area contributed by atoms with Gasteiger partial charge in [-0.15, -0.1) is 10.2 Å². The highest BCUT2D eigenvalue weighted by atomic mass is 19.4. The van der Waals surface area contributed by atoms with Gasteiger partial charge in [-0.1, -0.05) is 0 Å². The number of alkyl halides is 3. The van der Waals surface area contributed by atoms with E-state index >= 15 is 0 Å². The first kappa shape index (κ1) is 19.5. The van der Waals surface area contributed by atoms with Crippen LogP contribution in [0.15, 0.2) is 22.7 Å². The molecule has 3 aromatic rings. The Kier molecular flexibility index (Phi) is 4.27. The summed E-state index contributed by atoms with van der Waals surface area (Å²) in [6.45, 7) is 2.99. The summed E-state index contributed by atoms with van der Waals surface area (Å²) < 4.78 is 46.0. The summed E-state index contributed by atoms with van der Waals surface area (Å²) in [5, 5.41) is 18.6. The minimum Gasteiger partial charge on any atom is -0.419 e. The molecular weight excluding hydrogens is 415 g/mol. The number of amides is 1. The van der Waals surface area contributed by atoms with Gasteiger partial charge in [0.15, 0.2) is 5.82 Å². The van der Waals surface area contributed by atoms with Crippen LogP contribution in [-0.4, -0.2) is 37.4 Å². The summed E-state index contributed by atoms with van der Waals surface area (Å²) in [6, 6.07) is 2.18. The van der Waals surface area contributed by atoms with Gasteiger partial charge in [0, 0.05) is 13.1 Å². The third kappa shape index (κ3) is 3.22. The second-order valence-corrected chi connectivity index (χ2v) is 7.80. The zero-order chi connectivity index (χ0) is 21.8. The molecule has 162 valence electrons. The van der Waals surface area contributed by atoms with E-state index in [1.54, 1.807) is 6.92 Å². The number of aromatic nitrogens is 5. The summed E-state index contributed by atoms with van der Waals surface area (Å²) in [4.78, 5) is 15.7. The van der Waals surface area contributed by atoms with Gasteiger partial charge in [-0.25, -0.2) is 4.98 Å². The normalized spacial score (nSPS) is 20.7. The average molecular weight is 433 g/mol. The molecule has 1 atom stereocenters. The fraction of sp³-hybridized carbons (Fsp3) is 0.421. The SMILES string of the molecule is C[C@@]1(c2nnc(-c3c(Nc4ccc(C(F)(F)F)nc4)nn4c3CCC4)o2)CCNC1=O. The third-order valence-electron chi connectivity index (χ3n) is 5.68. The van der Waals surface area contributed by atoms with Crippen LogP contribution < -0.4 is 10.6 Å². The highest BCUT2D eigenvalue weighted by Crippen LogP contribution is 2.38. The molecule has 2 aliphatic heterocycles. The smallest absolute Gasteiger partial charge is 0.419 e. The zero-order valence-electron chi connectivity index (χ0n) is 16.5. The van der Waals surface area contributed by atoms with Gasteiger partial charge < -0.3 is 15.1 Å². The molecule has 0 radical (unpaired) electrons. The number of halogens is 3. The number of anilines is 2. The Balaban J connectivity index is 1.50. The standard InChI is InChI=1S/C19H18F3N7O2/c1-18(6-7-23-16(18)30)17-27-26-15(31-17)13-11-3-2-8-29(11)28-14(13)25-10-4-5-12(24-9-10)19(20,21)22/h4-5,9H,2-3,6-8H2,1H3,(H,23,30)(H,25,28)/t18-/m1/s1. The van der Waals surface area contributed by atoms with Gasteiger partial charge in [-0.3, -0.25) is 9.48 Å². The molecule has 2 aliphatic rings. The second-order valence-electron chi connectivity index (χ2n) is 7.80. The number of carbonyl (C=O) groups excluding carboxylic acids is 1. The maximum Gasteiger partial charge on any atom is 0.433 e. The lowest BCUT2D eigenvalue weighted by Gasteiger charge is -2.14. The van der Waals surface area contributed by atoms with E-state index in [2.05, 4.69) is 30.9 Å². The van der Waals surface area contributed by atoms with Crippen molar-refractivity contribution in [3.8, 4) is 11.5 Å². The van der Waals surface area contributed by atoms with Crippen LogP contribution in [0.3, 0.4) is 0 Å². The maximum atomic E-state index is 12.8. The monoisotopic (exact) mass is 433 g/mol. The van der Waals surface area contributed by atoms with Gasteiger partial charge in [0.2, 0.25) is 11.8 Å². The highest BCUT2D eigenvalue weighted by Gasteiger charge is 2.44. The highest BCUT2D eigenvalue weighted by molar-refractivity contribution is 5.88. The fourth-order valence-electron chi connectivity index (χ4n) is 3.90. The van der Waals surface area contributed by atoms with E-state index in [0.717, 1.165) is 30.8 Å². The first-order chi connectivity index (χ1) is 14.8. The Morgan fingerprint density at radius 1 is 1.29 bits per heavy atom. The summed E-state index contributed by atoms with van der Waals surface area (Å²) in [5.74, 6) is 0.642. The molecule has 1 saturated heterocycles. The molecular formula is C19H18F3N7O2. The number of nitrogens with one attached hydrogen (secondary N) is 2. The van der Waals surface area contributed by atoms with Crippen molar-refractivity contribution < 1.29 is 22.4 Å². The van der Waals surface area contributed by atoms with Crippen molar-refractivity contribution in [3.63, 3.8) is 0 Å². The maximum absolute atomic E-state index is 12.8. The quantitative estimate of drug-likeness (QED) is 0.651. The lowest BCUT2D eigenvalue weighted by molar-refractivity contribution is -0.141. The van der Waals surface area contributed by atoms with Gasteiger partial charge in [-0.2, -0.15) is 18.3 Å². The second kappa shape index (κ2) is 6.79. The molecule has 12 heteroatoms. The molecule has 9 nitrogen and oxygen atoms in total. The molecule has 0 spiro atoms. The van der Waals surface area contributed by atoms with E-state index in [1.807, 2.05) is 4.68 Å². The van der Waals surface area contributed by atoms with Crippen molar-refractivity contribution in [2.24, 2.45) is 0 Å². The Hall–Kier alpha value is -3.44. The number of aryl methyl sites for hydroxylation is 1. The zero-order valence-corrected chi connectivity index (χ0v) is 16.5. The van der Waals surface area contributed by atoms with Crippen LogP contribution in [0.4, 0.5) is 24.7 Å². The van der Waals surface area contributed by atoms with Gasteiger partial charge >= 0.3 is 6.18 Å². The van der Waals surface area contributed by atoms with Crippen LogP contribution >= 0.6 is 0 Å². The van der Waals surface area contributed by atoms with Crippen molar-refractivity contribution >= 4 is 17.4 Å². The molecule has 0 bridgehead atoms. The molecule has 0 aliphatic carbocycles. The van der Waals surface area contributed by atoms with Crippen LogP contribution in [0.1, 0.15) is 37.0 Å². The van der Waals surface area contributed by atoms with Gasteiger partial charge in [0.05, 0.1) is 17.6 Å². The number of pyridine rings is 1. The molecule has 31 heavy (non-hydrogen) atoms. The Bertz CT molecular complexity index is 1150. The van der Waals surface area contributed by atoms with Crippen LogP contribution in [0.5, 0.6) is 0 Å². The number of carbonyl (C=O) groups is 1. The van der Waals surface area contributed by atoms with E-state index in [4.69, 9.17) is 4.42 Å². The lowest BCUT2D eigenvalue weighted by Crippen LogP contribution is -2.32. The third-order valence-corrected chi connectivity index (χ3v) is 5.68. The summed E-state index contributed by atoms with van der Waals surface area (Å²) in [7, 11) is 0. The number of rotatable bonds is 4. The van der Waals surface area contributed by atoms with Gasteiger partial charge in [0.1, 0.15) is 16.7 Å². The number of hydrogen-bond donors (Lipinski definition) is 2. The van der Waals surface area contributed by atoms with Crippen LogP contribution in [0, 0.1) is 0 Å². The van der Waals surface area contributed by atoms with Crippen LogP contribution in [-0.2, 0) is 29.4 Å². The molecule has 1 amide bonds. The number of nitrogens with zero attached hydrogens (tertiary/aromatic N) is 5. The molecule has 0 saturated carbocycles. The molecule has 2 N–H and O–H groups in total. The minimum absolute atomic E-state index is 0.169. The summed E-state index contributed by atoms with van der Waals surface area (Å²) in [5.41, 5.74) is -0.0631. The molecule has 3 aromatic heterocycles. The van der Waals surface area contributed by atoms with E-state index in [9.17, 15) is 18.0 Å². The predicted molar refractivity (Wildman–Crippen MR) is 101 cm³/mol. The topological polar surface area (TPSA) is 111 Å². The molecule has 1 fully saturated rings. The summed E-state index contributed by atoms with van der Waals surface area (Å²) in [6.07, 6.45) is -1.23. The Morgan fingerprint density at radius 3 is 2.81 bits per heavy atom. The molecule has 5 rings (SSSR count). The van der Waals surface area contributed by atoms with Crippen LogP contribution in [0.25, 0.3) is 11.5 Å². The van der Waals surface area contributed by atoms with Gasteiger partial charge in [0.25, 0.3) is 5.89 Å². The first-order valence-electron chi connectivity index (χ1n) is 9.78. The van der Waals surface area contributed by atoms with Gasteiger partial charge in [-0.05, 0) is 38.3 Å². The molecule has 5 heterocycles. The Morgan fingerprint density at radius 2 is 2.13 bits per heavy atom. The summed E-state index contributed by atoms with van der Waals surface area (Å²) >= 11 is 0. The van der Waals surface area contributed by atoms with Crippen molar-refractivity contribution in [3.05, 3.63) is 35.6 Å². The number of hydrogen-bond acceptors (Lipinski definition) is 7. The van der Waals surface area contributed by atoms with E-state index in [0.29, 0.717) is 36.6 Å². The fourth-order valence-corrected chi connectivity index (χ4v) is 3.90. The van der Waals surface area contributed by atoms with Crippen molar-refractivity contribution in [1.29, 1.82) is 0 Å². The Labute approximate surface area is 174 Å². The lowest BCUT2D eigenvalue weighted by atomic mass is 9.89. The van der Waals surface area contributed by atoms with Crippen molar-refractivity contribution in [1.82, 2.24) is 30.3 Å². The van der Waals surface area contributed by atoms with Crippen molar-refractivity contribution in [2.75, 3.05) is 11.9 Å². The number of fused-ring (bicyclic) bond motifs is 1. The van der Waals surface area contributed by atoms with Crippen molar-refractivity contribution in [2.45, 2.75) is 44.3 Å². The largest absolute Gasteiger partial charge is 0.433 e. The average Bonchev–Trinajstić information content (AvgIpc) is 3.47.